The van der Waals surface area contributed by atoms with E-state index in [0.29, 0.717) is 11.5 Å². The first-order chi connectivity index (χ1) is 13.7. The molecule has 2 aromatic heterocycles. The number of fused-ring (bicyclic) bond motifs is 1. The lowest BCUT2D eigenvalue weighted by atomic mass is 10.1. The topological polar surface area (TPSA) is 49.3 Å². The Balaban J connectivity index is 1.25. The molecule has 0 spiro atoms. The summed E-state index contributed by atoms with van der Waals surface area (Å²) in [6.45, 7) is 5.62. The van der Waals surface area contributed by atoms with Gasteiger partial charge in [-0.05, 0) is 37.6 Å². The minimum Gasteiger partial charge on any atom is -0.371 e. The summed E-state index contributed by atoms with van der Waals surface area (Å²) in [6, 6.07) is 3.78. The van der Waals surface area contributed by atoms with E-state index < -0.39 is 0 Å². The highest BCUT2D eigenvalue weighted by atomic mass is 32.1. The minimum atomic E-state index is 0.0885. The lowest BCUT2D eigenvalue weighted by molar-refractivity contribution is 0.0790. The van der Waals surface area contributed by atoms with Gasteiger partial charge in [-0.25, -0.2) is 4.98 Å². The second-order valence-corrected chi connectivity index (χ2v) is 8.90. The molecule has 1 atom stereocenters. The van der Waals surface area contributed by atoms with E-state index in [2.05, 4.69) is 28.1 Å². The Morgan fingerprint density at radius 1 is 1.21 bits per heavy atom. The van der Waals surface area contributed by atoms with Crippen molar-refractivity contribution in [1.29, 1.82) is 0 Å². The van der Waals surface area contributed by atoms with Gasteiger partial charge in [0.2, 0.25) is 0 Å². The molecule has 3 aliphatic rings. The van der Waals surface area contributed by atoms with Crippen molar-refractivity contribution in [3.05, 3.63) is 69.1 Å². The zero-order valence-corrected chi connectivity index (χ0v) is 16.9. The van der Waals surface area contributed by atoms with Crippen LogP contribution in [0.3, 0.4) is 0 Å². The Kier molecular flexibility index (Phi) is 4.51. The second kappa shape index (κ2) is 7.17. The van der Waals surface area contributed by atoms with Crippen LogP contribution in [0, 0.1) is 6.92 Å². The fraction of sp³-hybridized carbons (Fsp3) is 0.409. The number of aromatic nitrogens is 2. The standard InChI is InChI=1S/C22H24N4OS/c1-15-5-6-16(13-23-15)22(27)26-10-7-17(14-26)21-24-19-8-11-25(18-3-2-4-18)12-9-20(19)28-21/h2-6,13,17H,7-12,14H2,1H3. The average Bonchev–Trinajstić information content (AvgIpc) is 3.26. The summed E-state index contributed by atoms with van der Waals surface area (Å²) in [6.07, 6.45) is 11.3. The van der Waals surface area contributed by atoms with Crippen LogP contribution in [0.1, 0.15) is 44.0 Å². The molecule has 0 aromatic carbocycles. The van der Waals surface area contributed by atoms with Crippen molar-refractivity contribution in [2.75, 3.05) is 26.2 Å². The largest absolute Gasteiger partial charge is 0.371 e. The molecule has 2 aliphatic heterocycles. The molecule has 1 aliphatic carbocycles. The molecule has 28 heavy (non-hydrogen) atoms. The fourth-order valence-electron chi connectivity index (χ4n) is 4.13. The van der Waals surface area contributed by atoms with E-state index in [1.54, 1.807) is 6.20 Å². The second-order valence-electron chi connectivity index (χ2n) is 7.78. The number of hydrogen-bond donors (Lipinski definition) is 0. The van der Waals surface area contributed by atoms with Crippen LogP contribution < -0.4 is 0 Å². The molecule has 0 N–H and O–H groups in total. The molecule has 1 saturated heterocycles. The van der Waals surface area contributed by atoms with Gasteiger partial charge in [0.1, 0.15) is 0 Å². The quantitative estimate of drug-likeness (QED) is 0.804. The Hall–Kier alpha value is -2.47. The molecule has 0 saturated carbocycles. The van der Waals surface area contributed by atoms with Crippen LogP contribution in [0.2, 0.25) is 0 Å². The third-order valence-electron chi connectivity index (χ3n) is 5.90. The highest BCUT2D eigenvalue weighted by Gasteiger charge is 2.31. The first-order valence-corrected chi connectivity index (χ1v) is 10.8. The molecule has 1 amide bonds. The molecule has 0 bridgehead atoms. The molecular formula is C22H24N4OS. The van der Waals surface area contributed by atoms with Crippen molar-refractivity contribution >= 4 is 17.2 Å². The first kappa shape index (κ1) is 17.6. The molecule has 1 fully saturated rings. The summed E-state index contributed by atoms with van der Waals surface area (Å²) >= 11 is 1.87. The summed E-state index contributed by atoms with van der Waals surface area (Å²) in [5.74, 6) is 0.457. The van der Waals surface area contributed by atoms with Gasteiger partial charge in [-0.3, -0.25) is 9.78 Å². The number of carbonyl (C=O) groups excluding carboxylic acids is 1. The molecule has 144 valence electrons. The number of pyridine rings is 1. The SMILES string of the molecule is Cc1ccc(C(=O)N2CCC(c3nc4c(s3)CCN(C3=CC=C3)CC4)C2)cn1. The summed E-state index contributed by atoms with van der Waals surface area (Å²) < 4.78 is 0. The summed E-state index contributed by atoms with van der Waals surface area (Å²) in [5.41, 5.74) is 4.24. The number of likely N-dealkylation sites (tertiary alicyclic amines) is 1. The summed E-state index contributed by atoms with van der Waals surface area (Å²) in [7, 11) is 0. The molecule has 0 radical (unpaired) electrons. The van der Waals surface area contributed by atoms with Gasteiger partial charge in [0.25, 0.3) is 5.91 Å². The van der Waals surface area contributed by atoms with Crippen LogP contribution in [0.25, 0.3) is 0 Å². The van der Waals surface area contributed by atoms with Crippen LogP contribution in [-0.4, -0.2) is 51.9 Å². The molecule has 5 nitrogen and oxygen atoms in total. The molecule has 4 heterocycles. The third-order valence-corrected chi connectivity index (χ3v) is 7.22. The van der Waals surface area contributed by atoms with E-state index in [-0.39, 0.29) is 5.91 Å². The summed E-state index contributed by atoms with van der Waals surface area (Å²) in [5, 5.41) is 1.22. The predicted molar refractivity (Wildman–Crippen MR) is 111 cm³/mol. The lowest BCUT2D eigenvalue weighted by Gasteiger charge is -2.26. The molecule has 6 heteroatoms. The van der Waals surface area contributed by atoms with E-state index in [0.717, 1.165) is 51.1 Å². The number of nitrogens with zero attached hydrogens (tertiary/aromatic N) is 4. The van der Waals surface area contributed by atoms with E-state index in [9.17, 15) is 4.79 Å². The molecule has 5 rings (SSSR count). The highest BCUT2D eigenvalue weighted by Crippen LogP contribution is 2.34. The number of thiazole rings is 1. The maximum absolute atomic E-state index is 12.8. The Labute approximate surface area is 169 Å². The van der Waals surface area contributed by atoms with Crippen molar-refractivity contribution < 1.29 is 4.79 Å². The van der Waals surface area contributed by atoms with Gasteiger partial charge in [0.15, 0.2) is 0 Å². The molecule has 1 unspecified atom stereocenters. The van der Waals surface area contributed by atoms with Gasteiger partial charge in [0, 0.05) is 67.4 Å². The van der Waals surface area contributed by atoms with Crippen molar-refractivity contribution in [2.24, 2.45) is 0 Å². The van der Waals surface area contributed by atoms with E-state index in [4.69, 9.17) is 4.98 Å². The van der Waals surface area contributed by atoms with Crippen LogP contribution in [0.4, 0.5) is 0 Å². The van der Waals surface area contributed by atoms with Crippen molar-refractivity contribution in [1.82, 2.24) is 19.8 Å². The first-order valence-electron chi connectivity index (χ1n) is 10.0. The van der Waals surface area contributed by atoms with Crippen molar-refractivity contribution in [3.63, 3.8) is 0 Å². The number of allylic oxidation sites excluding steroid dienone is 3. The smallest absolute Gasteiger partial charge is 0.255 e. The van der Waals surface area contributed by atoms with Crippen LogP contribution in [0.15, 0.2) is 42.3 Å². The average molecular weight is 393 g/mol. The number of hydrogen-bond acceptors (Lipinski definition) is 5. The maximum atomic E-state index is 12.8. The normalized spacial score (nSPS) is 21.2. The van der Waals surface area contributed by atoms with Gasteiger partial charge in [-0.15, -0.1) is 11.3 Å². The monoisotopic (exact) mass is 392 g/mol. The third kappa shape index (κ3) is 3.26. The Bertz CT molecular complexity index is 934. The fourth-order valence-corrected chi connectivity index (χ4v) is 5.36. The van der Waals surface area contributed by atoms with Gasteiger partial charge in [-0.2, -0.15) is 0 Å². The predicted octanol–water partition coefficient (Wildman–Crippen LogP) is 3.33. The number of aryl methyl sites for hydroxylation is 1. The van der Waals surface area contributed by atoms with E-state index in [1.807, 2.05) is 35.3 Å². The molecular weight excluding hydrogens is 368 g/mol. The van der Waals surface area contributed by atoms with Gasteiger partial charge in [0.05, 0.1) is 16.3 Å². The van der Waals surface area contributed by atoms with Crippen LogP contribution in [0.5, 0.6) is 0 Å². The van der Waals surface area contributed by atoms with E-state index >= 15 is 0 Å². The zero-order chi connectivity index (χ0) is 19.1. The number of amides is 1. The van der Waals surface area contributed by atoms with Crippen molar-refractivity contribution in [2.45, 2.75) is 32.1 Å². The minimum absolute atomic E-state index is 0.0885. The van der Waals surface area contributed by atoms with E-state index in [1.165, 1.54) is 21.3 Å². The Morgan fingerprint density at radius 3 is 2.82 bits per heavy atom. The van der Waals surface area contributed by atoms with Crippen LogP contribution in [-0.2, 0) is 12.8 Å². The van der Waals surface area contributed by atoms with Gasteiger partial charge in [-0.1, -0.05) is 6.08 Å². The zero-order valence-electron chi connectivity index (χ0n) is 16.1. The lowest BCUT2D eigenvalue weighted by Crippen LogP contribution is -2.28. The highest BCUT2D eigenvalue weighted by molar-refractivity contribution is 7.11. The van der Waals surface area contributed by atoms with Crippen LogP contribution >= 0.6 is 11.3 Å². The summed E-state index contributed by atoms with van der Waals surface area (Å²) in [4.78, 5) is 27.9. The maximum Gasteiger partial charge on any atom is 0.255 e. The number of rotatable bonds is 3. The Morgan fingerprint density at radius 2 is 2.07 bits per heavy atom. The van der Waals surface area contributed by atoms with Gasteiger partial charge >= 0.3 is 0 Å². The van der Waals surface area contributed by atoms with Gasteiger partial charge < -0.3 is 9.80 Å². The number of carbonyl (C=O) groups is 1. The van der Waals surface area contributed by atoms with Crippen molar-refractivity contribution in [3.8, 4) is 0 Å². The molecule has 2 aromatic rings.